The molecule has 0 unspecified atom stereocenters. The van der Waals surface area contributed by atoms with Crippen molar-refractivity contribution in [2.24, 2.45) is 0 Å². The van der Waals surface area contributed by atoms with Crippen molar-refractivity contribution >= 4 is 31.6 Å². The van der Waals surface area contributed by atoms with Crippen molar-refractivity contribution in [2.45, 2.75) is 57.9 Å². The summed E-state index contributed by atoms with van der Waals surface area (Å²) < 4.78 is 6.35. The van der Waals surface area contributed by atoms with Crippen LogP contribution in [0, 0.1) is 0 Å². The van der Waals surface area contributed by atoms with Gasteiger partial charge in [-0.15, -0.1) is 0 Å². The Hall–Kier alpha value is -1.99. The van der Waals surface area contributed by atoms with Crippen LogP contribution >= 0.6 is 0 Å². The molecule has 28 heavy (non-hydrogen) atoms. The first kappa shape index (κ1) is 19.3. The summed E-state index contributed by atoms with van der Waals surface area (Å²) in [7, 11) is 2.88. The third-order valence-electron chi connectivity index (χ3n) is 7.01. The molecule has 4 rings (SSSR count). The predicted octanol–water partition coefficient (Wildman–Crippen LogP) is 4.75. The van der Waals surface area contributed by atoms with Gasteiger partial charge in [0.25, 0.3) is 0 Å². The van der Waals surface area contributed by atoms with Gasteiger partial charge in [0.15, 0.2) is 0 Å². The van der Waals surface area contributed by atoms with Gasteiger partial charge in [-0.25, -0.2) is 0 Å². The smallest absolute Gasteiger partial charge is 0.309 e. The summed E-state index contributed by atoms with van der Waals surface area (Å²) in [5.74, 6) is 0. The van der Waals surface area contributed by atoms with Gasteiger partial charge in [0.2, 0.25) is 0 Å². The Morgan fingerprint density at radius 2 is 1.43 bits per heavy atom. The first-order valence-corrected chi connectivity index (χ1v) is 10.3. The standard InChI is InChI=1S/C25H30B2O/c1-23(2)21-12-11-18(27-28-25(5,6)24(3,4)26)15-20(21)19-13-16-9-7-8-10-17(16)14-22(19)23/h7-15,27H,26H2,1-6H3. The fourth-order valence-corrected chi connectivity index (χ4v) is 4.05. The molecule has 0 atom stereocenters. The summed E-state index contributed by atoms with van der Waals surface area (Å²) in [6.07, 6.45) is 0. The van der Waals surface area contributed by atoms with Crippen molar-refractivity contribution in [3.63, 3.8) is 0 Å². The van der Waals surface area contributed by atoms with Gasteiger partial charge in [-0.05, 0) is 64.3 Å². The molecule has 3 aromatic carbocycles. The van der Waals surface area contributed by atoms with Crippen LogP contribution in [-0.4, -0.2) is 20.9 Å². The van der Waals surface area contributed by atoms with Crippen molar-refractivity contribution in [3.05, 3.63) is 65.7 Å². The molecule has 0 aromatic heterocycles. The van der Waals surface area contributed by atoms with Crippen LogP contribution in [0.1, 0.15) is 52.7 Å². The van der Waals surface area contributed by atoms with E-state index in [2.05, 4.69) is 104 Å². The Kier molecular flexibility index (Phi) is 4.32. The minimum atomic E-state index is -0.181. The molecule has 0 fully saturated rings. The van der Waals surface area contributed by atoms with Crippen LogP contribution in [0.4, 0.5) is 0 Å². The molecule has 1 nitrogen and oxygen atoms in total. The molecule has 0 heterocycles. The van der Waals surface area contributed by atoms with Gasteiger partial charge in [-0.3, -0.25) is 0 Å². The highest BCUT2D eigenvalue weighted by Gasteiger charge is 2.36. The van der Waals surface area contributed by atoms with E-state index in [1.165, 1.54) is 38.5 Å². The van der Waals surface area contributed by atoms with Gasteiger partial charge >= 0.3 is 7.48 Å². The van der Waals surface area contributed by atoms with Gasteiger partial charge < -0.3 is 4.65 Å². The molecule has 1 aliphatic carbocycles. The molecule has 0 aliphatic heterocycles. The second-order valence-corrected chi connectivity index (χ2v) is 10.3. The molecule has 3 heteroatoms. The maximum atomic E-state index is 6.35. The number of fused-ring (bicyclic) bond motifs is 4. The summed E-state index contributed by atoms with van der Waals surface area (Å²) in [6, 6.07) is 20.3. The van der Waals surface area contributed by atoms with E-state index >= 15 is 0 Å². The predicted molar refractivity (Wildman–Crippen MR) is 126 cm³/mol. The van der Waals surface area contributed by atoms with Crippen LogP contribution in [-0.2, 0) is 10.1 Å². The van der Waals surface area contributed by atoms with Crippen LogP contribution in [0.2, 0.25) is 5.31 Å². The second kappa shape index (κ2) is 6.26. The van der Waals surface area contributed by atoms with Crippen molar-refractivity contribution in [3.8, 4) is 11.1 Å². The van der Waals surface area contributed by atoms with E-state index in [1.54, 1.807) is 0 Å². The summed E-state index contributed by atoms with van der Waals surface area (Å²) in [5, 5.41) is 2.72. The van der Waals surface area contributed by atoms with Crippen molar-refractivity contribution < 1.29 is 4.65 Å². The Balaban J connectivity index is 1.75. The largest absolute Gasteiger partial charge is 0.430 e. The van der Waals surface area contributed by atoms with Crippen LogP contribution in [0.3, 0.4) is 0 Å². The lowest BCUT2D eigenvalue weighted by molar-refractivity contribution is 0.0767. The van der Waals surface area contributed by atoms with E-state index in [9.17, 15) is 0 Å². The lowest BCUT2D eigenvalue weighted by Crippen LogP contribution is -2.40. The summed E-state index contributed by atoms with van der Waals surface area (Å²) in [5.41, 5.74) is 6.66. The maximum absolute atomic E-state index is 6.35. The molecule has 0 amide bonds. The van der Waals surface area contributed by atoms with Crippen molar-refractivity contribution in [1.29, 1.82) is 0 Å². The minimum absolute atomic E-state index is 0.0266. The van der Waals surface area contributed by atoms with E-state index in [0.717, 1.165) is 0 Å². The van der Waals surface area contributed by atoms with Crippen LogP contribution in [0.5, 0.6) is 0 Å². The Bertz CT molecular complexity index is 1060. The third-order valence-corrected chi connectivity index (χ3v) is 7.01. The number of hydrogen-bond acceptors (Lipinski definition) is 1. The zero-order valence-corrected chi connectivity index (χ0v) is 18.3. The summed E-state index contributed by atoms with van der Waals surface area (Å²) >= 11 is 0. The normalized spacial score (nSPS) is 15.4. The summed E-state index contributed by atoms with van der Waals surface area (Å²) in [6.45, 7) is 13.5. The van der Waals surface area contributed by atoms with Gasteiger partial charge in [-0.2, -0.15) is 0 Å². The average Bonchev–Trinajstić information content (AvgIpc) is 2.84. The highest BCUT2D eigenvalue weighted by Crippen LogP contribution is 2.49. The van der Waals surface area contributed by atoms with Gasteiger partial charge in [0.1, 0.15) is 7.85 Å². The Morgan fingerprint density at radius 1 is 0.821 bits per heavy atom. The first-order chi connectivity index (χ1) is 13.0. The van der Waals surface area contributed by atoms with E-state index in [0.29, 0.717) is 7.48 Å². The molecule has 0 radical (unpaired) electrons. The second-order valence-electron chi connectivity index (χ2n) is 10.3. The monoisotopic (exact) mass is 368 g/mol. The number of rotatable bonds is 4. The van der Waals surface area contributed by atoms with E-state index in [4.69, 9.17) is 4.65 Å². The zero-order chi connectivity index (χ0) is 20.3. The zero-order valence-electron chi connectivity index (χ0n) is 18.3. The fraction of sp³-hybridized carbons (Fsp3) is 0.360. The number of hydrogen-bond donors (Lipinski definition) is 0. The van der Waals surface area contributed by atoms with E-state index < -0.39 is 0 Å². The molecule has 0 bridgehead atoms. The molecular formula is C25H30B2O. The molecule has 3 aromatic rings. The lowest BCUT2D eigenvalue weighted by Gasteiger charge is -2.39. The quantitative estimate of drug-likeness (QED) is 0.604. The van der Waals surface area contributed by atoms with E-state index in [1.807, 2.05) is 0 Å². The molecular weight excluding hydrogens is 338 g/mol. The average molecular weight is 368 g/mol. The SMILES string of the molecule is BC(C)(C)C(C)(C)OBc1ccc2c(c1)-c1cc3ccccc3cc1C2(C)C. The molecule has 0 saturated carbocycles. The van der Waals surface area contributed by atoms with Crippen LogP contribution < -0.4 is 5.46 Å². The highest BCUT2D eigenvalue weighted by atomic mass is 16.5. The van der Waals surface area contributed by atoms with Gasteiger partial charge in [0, 0.05) is 11.0 Å². The maximum Gasteiger partial charge on any atom is 0.309 e. The topological polar surface area (TPSA) is 9.23 Å². The van der Waals surface area contributed by atoms with Gasteiger partial charge in [0.05, 0.1) is 0 Å². The Morgan fingerprint density at radius 3 is 2.07 bits per heavy atom. The van der Waals surface area contributed by atoms with Gasteiger partial charge in [-0.1, -0.05) is 75.6 Å². The lowest BCUT2D eigenvalue weighted by atomic mass is 9.61. The van der Waals surface area contributed by atoms with Crippen molar-refractivity contribution in [2.75, 3.05) is 0 Å². The Labute approximate surface area is 171 Å². The minimum Gasteiger partial charge on any atom is -0.430 e. The third kappa shape index (κ3) is 3.01. The van der Waals surface area contributed by atoms with Crippen LogP contribution in [0.15, 0.2) is 54.6 Å². The molecule has 1 aliphatic rings. The first-order valence-electron chi connectivity index (χ1n) is 10.3. The van der Waals surface area contributed by atoms with Crippen molar-refractivity contribution in [1.82, 2.24) is 0 Å². The number of benzene rings is 3. The van der Waals surface area contributed by atoms with Crippen LogP contribution in [0.25, 0.3) is 21.9 Å². The highest BCUT2D eigenvalue weighted by molar-refractivity contribution is 6.47. The molecule has 0 N–H and O–H groups in total. The summed E-state index contributed by atoms with van der Waals surface area (Å²) in [4.78, 5) is 0. The fourth-order valence-electron chi connectivity index (χ4n) is 4.05. The van der Waals surface area contributed by atoms with E-state index in [-0.39, 0.29) is 16.3 Å². The molecule has 142 valence electrons. The molecule has 0 spiro atoms. The molecule has 0 saturated heterocycles.